The predicted molar refractivity (Wildman–Crippen MR) is 134 cm³/mol. The number of aromatic nitrogens is 2. The van der Waals surface area contributed by atoms with E-state index in [0.717, 1.165) is 29.4 Å². The van der Waals surface area contributed by atoms with E-state index >= 15 is 0 Å². The molecule has 1 heterocycles. The Morgan fingerprint density at radius 1 is 1.11 bits per heavy atom. The number of carbonyl (C=O) groups is 2. The number of hydrogen-bond donors (Lipinski definition) is 2. The number of aliphatic carboxylic acids is 1. The number of hydrogen-bond acceptors (Lipinski definition) is 5. The third kappa shape index (κ3) is 7.68. The Labute approximate surface area is 208 Å². The highest BCUT2D eigenvalue weighted by Crippen LogP contribution is 2.21. The van der Waals surface area contributed by atoms with Gasteiger partial charge in [0.15, 0.2) is 0 Å². The molecule has 1 amide bonds. The van der Waals surface area contributed by atoms with E-state index < -0.39 is 30.0 Å². The first kappa shape index (κ1) is 26.0. The molecule has 2 N–H and O–H groups in total. The fourth-order valence-electron chi connectivity index (χ4n) is 3.46. The highest BCUT2D eigenvalue weighted by atomic mass is 35.5. The number of carbonyl (C=O) groups excluding carboxylic acids is 1. The Hall–Kier alpha value is -3.65. The Kier molecular flexibility index (Phi) is 9.43. The minimum absolute atomic E-state index is 0.00337. The van der Waals surface area contributed by atoms with Crippen LogP contribution in [0.1, 0.15) is 31.7 Å². The van der Waals surface area contributed by atoms with Crippen LogP contribution in [0.3, 0.4) is 0 Å². The van der Waals surface area contributed by atoms with Crippen LogP contribution in [0.5, 0.6) is 6.01 Å². The molecule has 0 aliphatic carbocycles. The summed E-state index contributed by atoms with van der Waals surface area (Å²) >= 11 is 5.96. The van der Waals surface area contributed by atoms with E-state index in [1.165, 1.54) is 6.07 Å². The van der Waals surface area contributed by atoms with Crippen LogP contribution < -0.4 is 15.6 Å². The van der Waals surface area contributed by atoms with Crippen molar-refractivity contribution >= 4 is 23.5 Å². The summed E-state index contributed by atoms with van der Waals surface area (Å²) in [7, 11) is 0. The van der Waals surface area contributed by atoms with Gasteiger partial charge in [-0.25, -0.2) is 4.79 Å². The van der Waals surface area contributed by atoms with Crippen molar-refractivity contribution < 1.29 is 19.4 Å². The molecule has 9 heteroatoms. The zero-order valence-electron chi connectivity index (χ0n) is 19.4. The van der Waals surface area contributed by atoms with Gasteiger partial charge in [-0.15, -0.1) is 0 Å². The third-order valence-corrected chi connectivity index (χ3v) is 5.56. The summed E-state index contributed by atoms with van der Waals surface area (Å²) in [5.41, 5.74) is 1.35. The molecule has 0 saturated carbocycles. The van der Waals surface area contributed by atoms with Crippen LogP contribution in [-0.2, 0) is 22.6 Å². The summed E-state index contributed by atoms with van der Waals surface area (Å²) < 4.78 is 6.90. The lowest BCUT2D eigenvalue weighted by Gasteiger charge is -2.17. The van der Waals surface area contributed by atoms with Gasteiger partial charge in [-0.1, -0.05) is 73.8 Å². The Morgan fingerprint density at radius 3 is 2.49 bits per heavy atom. The van der Waals surface area contributed by atoms with Crippen molar-refractivity contribution in [3.05, 3.63) is 81.6 Å². The maximum absolute atomic E-state index is 13.0. The molecule has 0 saturated heterocycles. The van der Waals surface area contributed by atoms with Gasteiger partial charge in [0.2, 0.25) is 5.91 Å². The van der Waals surface area contributed by atoms with E-state index in [0.29, 0.717) is 22.9 Å². The van der Waals surface area contributed by atoms with Crippen LogP contribution in [0.2, 0.25) is 5.02 Å². The topological polar surface area (TPSA) is 111 Å². The number of carboxylic acid groups (broad SMARTS) is 1. The van der Waals surface area contributed by atoms with E-state index in [1.807, 2.05) is 6.07 Å². The molecule has 3 rings (SSSR count). The highest BCUT2D eigenvalue weighted by molar-refractivity contribution is 6.30. The van der Waals surface area contributed by atoms with Crippen molar-refractivity contribution in [2.75, 3.05) is 6.61 Å². The zero-order chi connectivity index (χ0) is 25.2. The van der Waals surface area contributed by atoms with Gasteiger partial charge in [-0.05, 0) is 24.1 Å². The van der Waals surface area contributed by atoms with Crippen molar-refractivity contribution in [3.8, 4) is 17.3 Å². The molecule has 1 aromatic heterocycles. The quantitative estimate of drug-likeness (QED) is 0.367. The molecule has 0 aliphatic rings. The van der Waals surface area contributed by atoms with Gasteiger partial charge in [0.1, 0.15) is 12.6 Å². The molecule has 2 aromatic carbocycles. The van der Waals surface area contributed by atoms with Gasteiger partial charge in [0.05, 0.1) is 12.3 Å². The molecule has 0 fully saturated rings. The molecular formula is C26H28ClN3O5. The fourth-order valence-corrected chi connectivity index (χ4v) is 3.58. The summed E-state index contributed by atoms with van der Waals surface area (Å²) in [4.78, 5) is 41.9. The van der Waals surface area contributed by atoms with Crippen molar-refractivity contribution in [3.63, 3.8) is 0 Å². The molecule has 0 radical (unpaired) electrons. The van der Waals surface area contributed by atoms with Gasteiger partial charge in [0, 0.05) is 23.1 Å². The number of unbranched alkanes of at least 4 members (excludes halogenated alkanes) is 2. The van der Waals surface area contributed by atoms with Gasteiger partial charge >= 0.3 is 5.97 Å². The number of nitrogens with one attached hydrogen (secondary N) is 1. The molecule has 1 unspecified atom stereocenters. The smallest absolute Gasteiger partial charge is 0.326 e. The second-order valence-corrected chi connectivity index (χ2v) is 8.50. The van der Waals surface area contributed by atoms with Gasteiger partial charge in [-0.3, -0.25) is 14.2 Å². The van der Waals surface area contributed by atoms with Crippen molar-refractivity contribution in [1.82, 2.24) is 14.9 Å². The van der Waals surface area contributed by atoms with Crippen LogP contribution >= 0.6 is 11.6 Å². The number of rotatable bonds is 12. The first-order valence-corrected chi connectivity index (χ1v) is 11.8. The minimum Gasteiger partial charge on any atom is -0.480 e. The first-order chi connectivity index (χ1) is 16.9. The van der Waals surface area contributed by atoms with Crippen LogP contribution in [0.4, 0.5) is 0 Å². The summed E-state index contributed by atoms with van der Waals surface area (Å²) in [6.45, 7) is 1.97. The lowest BCUT2D eigenvalue weighted by Crippen LogP contribution is -2.44. The first-order valence-electron chi connectivity index (χ1n) is 11.4. The lowest BCUT2D eigenvalue weighted by molar-refractivity contribution is -0.141. The Bertz CT molecular complexity index is 1200. The predicted octanol–water partition coefficient (Wildman–Crippen LogP) is 3.94. The number of nitrogens with zero attached hydrogens (tertiary/aromatic N) is 2. The molecule has 0 spiro atoms. The summed E-state index contributed by atoms with van der Waals surface area (Å²) in [5.74, 6) is -1.79. The maximum atomic E-state index is 13.0. The number of carboxylic acids is 1. The molecule has 3 aromatic rings. The fraction of sp³-hybridized carbons (Fsp3) is 0.308. The van der Waals surface area contributed by atoms with Crippen LogP contribution in [0, 0.1) is 0 Å². The van der Waals surface area contributed by atoms with E-state index in [1.54, 1.807) is 48.5 Å². The zero-order valence-corrected chi connectivity index (χ0v) is 20.2. The third-order valence-electron chi connectivity index (χ3n) is 5.31. The van der Waals surface area contributed by atoms with E-state index in [-0.39, 0.29) is 12.4 Å². The molecule has 0 bridgehead atoms. The van der Waals surface area contributed by atoms with Crippen molar-refractivity contribution in [2.45, 2.75) is 45.2 Å². The summed E-state index contributed by atoms with van der Waals surface area (Å²) in [6, 6.07) is 16.0. The molecule has 8 nitrogen and oxygen atoms in total. The van der Waals surface area contributed by atoms with Crippen LogP contribution in [-0.4, -0.2) is 39.2 Å². The van der Waals surface area contributed by atoms with Gasteiger partial charge < -0.3 is 15.2 Å². The molecule has 1 atom stereocenters. The van der Waals surface area contributed by atoms with E-state index in [2.05, 4.69) is 17.2 Å². The monoisotopic (exact) mass is 497 g/mol. The SMILES string of the molecule is CCCCCOc1nc(-c2ccc(Cl)cc2)cc(=O)n1CC(=O)NC(Cc1ccccc1)C(=O)O. The molecular weight excluding hydrogens is 470 g/mol. The highest BCUT2D eigenvalue weighted by Gasteiger charge is 2.22. The number of amides is 1. The normalized spacial score (nSPS) is 11.6. The molecule has 0 aliphatic heterocycles. The number of halogens is 1. The lowest BCUT2D eigenvalue weighted by atomic mass is 10.1. The second kappa shape index (κ2) is 12.7. The summed E-state index contributed by atoms with van der Waals surface area (Å²) in [6.07, 6.45) is 2.82. The van der Waals surface area contributed by atoms with Crippen molar-refractivity contribution in [2.24, 2.45) is 0 Å². The average Bonchev–Trinajstić information content (AvgIpc) is 2.84. The Balaban J connectivity index is 1.82. The van der Waals surface area contributed by atoms with Crippen LogP contribution in [0.15, 0.2) is 65.5 Å². The van der Waals surface area contributed by atoms with Crippen molar-refractivity contribution in [1.29, 1.82) is 0 Å². The average molecular weight is 498 g/mol. The maximum Gasteiger partial charge on any atom is 0.326 e. The van der Waals surface area contributed by atoms with E-state index in [9.17, 15) is 19.5 Å². The largest absolute Gasteiger partial charge is 0.480 e. The number of benzene rings is 2. The standard InChI is InChI=1S/C26H28ClN3O5/c1-2-3-7-14-35-26-29-21(19-10-12-20(27)13-11-19)16-24(32)30(26)17-23(31)28-22(25(33)34)15-18-8-5-4-6-9-18/h4-6,8-13,16,22H,2-3,7,14-15,17H2,1H3,(H,28,31)(H,33,34). The number of ether oxygens (including phenoxy) is 1. The van der Waals surface area contributed by atoms with Gasteiger partial charge in [-0.2, -0.15) is 4.98 Å². The summed E-state index contributed by atoms with van der Waals surface area (Å²) in [5, 5.41) is 12.6. The Morgan fingerprint density at radius 2 is 1.83 bits per heavy atom. The molecule has 35 heavy (non-hydrogen) atoms. The van der Waals surface area contributed by atoms with Crippen LogP contribution in [0.25, 0.3) is 11.3 Å². The minimum atomic E-state index is -1.16. The van der Waals surface area contributed by atoms with Gasteiger partial charge in [0.25, 0.3) is 11.6 Å². The van der Waals surface area contributed by atoms with E-state index in [4.69, 9.17) is 16.3 Å². The second-order valence-electron chi connectivity index (χ2n) is 8.06. The molecule has 184 valence electrons.